The van der Waals surface area contributed by atoms with E-state index in [-0.39, 0.29) is 5.78 Å². The fraction of sp³-hybridized carbons (Fsp3) is 0.316. The second-order valence-electron chi connectivity index (χ2n) is 5.34. The zero-order valence-corrected chi connectivity index (χ0v) is 13.8. The molecule has 0 aliphatic heterocycles. The fourth-order valence-corrected chi connectivity index (χ4v) is 2.02. The van der Waals surface area contributed by atoms with Gasteiger partial charge < -0.3 is 19.7 Å². The Kier molecular flexibility index (Phi) is 6.35. The van der Waals surface area contributed by atoms with Crippen molar-refractivity contribution in [2.75, 3.05) is 0 Å². The number of hydrogen-bond acceptors (Lipinski definition) is 5. The zero-order valence-electron chi connectivity index (χ0n) is 13.8. The highest BCUT2D eigenvalue weighted by Gasteiger charge is 2.11. The Morgan fingerprint density at radius 2 is 1.12 bits per heavy atom. The molecule has 24 heavy (non-hydrogen) atoms. The van der Waals surface area contributed by atoms with Crippen LogP contribution < -0.4 is 9.47 Å². The Morgan fingerprint density at radius 3 is 1.42 bits per heavy atom. The van der Waals surface area contributed by atoms with Gasteiger partial charge in [0.25, 0.3) is 0 Å². The summed E-state index contributed by atoms with van der Waals surface area (Å²) >= 11 is 0. The van der Waals surface area contributed by atoms with E-state index in [2.05, 4.69) is 0 Å². The van der Waals surface area contributed by atoms with Crippen LogP contribution in [0, 0.1) is 0 Å². The Morgan fingerprint density at radius 1 is 0.792 bits per heavy atom. The fourth-order valence-electron chi connectivity index (χ4n) is 2.02. The summed E-state index contributed by atoms with van der Waals surface area (Å²) < 4.78 is 10.5. The molecule has 2 aromatic rings. The van der Waals surface area contributed by atoms with Crippen LogP contribution in [-0.4, -0.2) is 28.6 Å². The Hall–Kier alpha value is -2.37. The van der Waals surface area contributed by atoms with E-state index in [1.54, 1.807) is 48.5 Å². The number of aliphatic hydroxyl groups excluding tert-OH is 2. The van der Waals surface area contributed by atoms with Gasteiger partial charge in [-0.15, -0.1) is 0 Å². The lowest BCUT2D eigenvalue weighted by molar-refractivity contribution is -0.0196. The van der Waals surface area contributed by atoms with Crippen LogP contribution in [0.1, 0.15) is 42.6 Å². The molecule has 0 radical (unpaired) electrons. The van der Waals surface area contributed by atoms with Gasteiger partial charge in [-0.3, -0.25) is 4.79 Å². The standard InChI is InChI=1S/C19H22O5/c1-3-17(20)23-15-9-5-13(6-10-15)19(22)14-7-11-16(12-8-14)24-18(21)4-2/h5-12,17-18,20-21H,3-4H2,1-2H3. The smallest absolute Gasteiger partial charge is 0.197 e. The summed E-state index contributed by atoms with van der Waals surface area (Å²) in [6.07, 6.45) is -0.723. The second kappa shape index (κ2) is 8.47. The number of carbonyl (C=O) groups excluding carboxylic acids is 1. The van der Waals surface area contributed by atoms with Gasteiger partial charge in [-0.2, -0.15) is 0 Å². The predicted octanol–water partition coefficient (Wildman–Crippen LogP) is 3.13. The molecule has 0 spiro atoms. The summed E-state index contributed by atoms with van der Waals surface area (Å²) in [4.78, 5) is 12.4. The van der Waals surface area contributed by atoms with Crippen LogP contribution in [0.25, 0.3) is 0 Å². The summed E-state index contributed by atoms with van der Waals surface area (Å²) in [7, 11) is 0. The monoisotopic (exact) mass is 330 g/mol. The van der Waals surface area contributed by atoms with Crippen molar-refractivity contribution >= 4 is 5.78 Å². The highest BCUT2D eigenvalue weighted by molar-refractivity contribution is 6.09. The van der Waals surface area contributed by atoms with E-state index in [1.165, 1.54) is 0 Å². The first-order valence-corrected chi connectivity index (χ1v) is 7.97. The van der Waals surface area contributed by atoms with Gasteiger partial charge in [-0.05, 0) is 48.5 Å². The van der Waals surface area contributed by atoms with Crippen molar-refractivity contribution in [1.82, 2.24) is 0 Å². The number of aliphatic hydroxyl groups is 2. The summed E-state index contributed by atoms with van der Waals surface area (Å²) in [6, 6.07) is 13.2. The second-order valence-corrected chi connectivity index (χ2v) is 5.34. The number of carbonyl (C=O) groups is 1. The molecule has 0 bridgehead atoms. The van der Waals surface area contributed by atoms with E-state index in [0.717, 1.165) is 0 Å². The van der Waals surface area contributed by atoms with Gasteiger partial charge in [-0.1, -0.05) is 13.8 Å². The van der Waals surface area contributed by atoms with E-state index < -0.39 is 12.6 Å². The Bertz CT molecular complexity index is 591. The van der Waals surface area contributed by atoms with Crippen molar-refractivity contribution in [2.24, 2.45) is 0 Å². The molecule has 0 saturated heterocycles. The molecular formula is C19H22O5. The molecule has 2 atom stereocenters. The Labute approximate surface area is 141 Å². The van der Waals surface area contributed by atoms with Crippen molar-refractivity contribution in [2.45, 2.75) is 39.3 Å². The number of ether oxygens (including phenoxy) is 2. The Balaban J connectivity index is 2.05. The molecule has 128 valence electrons. The van der Waals surface area contributed by atoms with Crippen molar-refractivity contribution in [3.8, 4) is 11.5 Å². The molecule has 0 aliphatic carbocycles. The molecule has 2 N–H and O–H groups in total. The minimum absolute atomic E-state index is 0.125. The molecule has 2 aromatic carbocycles. The third-order valence-electron chi connectivity index (χ3n) is 3.48. The number of rotatable bonds is 8. The first-order valence-electron chi connectivity index (χ1n) is 7.97. The van der Waals surface area contributed by atoms with E-state index in [4.69, 9.17) is 9.47 Å². The van der Waals surface area contributed by atoms with Crippen LogP contribution in [0.3, 0.4) is 0 Å². The first kappa shape index (κ1) is 18.0. The lowest BCUT2D eigenvalue weighted by atomic mass is 10.0. The zero-order chi connectivity index (χ0) is 17.5. The molecule has 0 aliphatic rings. The number of benzene rings is 2. The van der Waals surface area contributed by atoms with Crippen molar-refractivity contribution in [3.05, 3.63) is 59.7 Å². The van der Waals surface area contributed by atoms with Crippen LogP contribution in [0.5, 0.6) is 11.5 Å². The average Bonchev–Trinajstić information content (AvgIpc) is 2.62. The topological polar surface area (TPSA) is 76.0 Å². The van der Waals surface area contributed by atoms with Crippen LogP contribution in [0.4, 0.5) is 0 Å². The van der Waals surface area contributed by atoms with E-state index in [9.17, 15) is 15.0 Å². The molecular weight excluding hydrogens is 308 g/mol. The van der Waals surface area contributed by atoms with Gasteiger partial charge in [0, 0.05) is 24.0 Å². The van der Waals surface area contributed by atoms with Gasteiger partial charge in [0.15, 0.2) is 18.4 Å². The molecule has 0 heterocycles. The van der Waals surface area contributed by atoms with Gasteiger partial charge in [0.1, 0.15) is 11.5 Å². The predicted molar refractivity (Wildman–Crippen MR) is 90.2 cm³/mol. The summed E-state index contributed by atoms with van der Waals surface area (Å²) in [5, 5.41) is 18.9. The summed E-state index contributed by atoms with van der Waals surface area (Å²) in [5.74, 6) is 0.900. The normalized spacial score (nSPS) is 13.2. The molecule has 5 nitrogen and oxygen atoms in total. The molecule has 2 unspecified atom stereocenters. The van der Waals surface area contributed by atoms with Crippen molar-refractivity contribution in [1.29, 1.82) is 0 Å². The van der Waals surface area contributed by atoms with Crippen LogP contribution >= 0.6 is 0 Å². The molecule has 5 heteroatoms. The molecule has 2 rings (SSSR count). The quantitative estimate of drug-likeness (QED) is 0.574. The molecule has 0 aromatic heterocycles. The van der Waals surface area contributed by atoms with Gasteiger partial charge >= 0.3 is 0 Å². The van der Waals surface area contributed by atoms with E-state index >= 15 is 0 Å². The molecule has 0 saturated carbocycles. The van der Waals surface area contributed by atoms with Crippen LogP contribution in [0.15, 0.2) is 48.5 Å². The first-order chi connectivity index (χ1) is 11.5. The lowest BCUT2D eigenvalue weighted by Gasteiger charge is -2.12. The maximum absolute atomic E-state index is 12.4. The third kappa shape index (κ3) is 4.81. The van der Waals surface area contributed by atoms with Gasteiger partial charge in [0.2, 0.25) is 0 Å². The van der Waals surface area contributed by atoms with Crippen molar-refractivity contribution < 1.29 is 24.5 Å². The van der Waals surface area contributed by atoms with Gasteiger partial charge in [-0.25, -0.2) is 0 Å². The van der Waals surface area contributed by atoms with Gasteiger partial charge in [0.05, 0.1) is 0 Å². The lowest BCUT2D eigenvalue weighted by Crippen LogP contribution is -2.13. The minimum Gasteiger partial charge on any atom is -0.465 e. The highest BCUT2D eigenvalue weighted by Crippen LogP contribution is 2.19. The van der Waals surface area contributed by atoms with Crippen LogP contribution in [-0.2, 0) is 0 Å². The summed E-state index contributed by atoms with van der Waals surface area (Å²) in [6.45, 7) is 3.63. The minimum atomic E-state index is -0.849. The number of hydrogen-bond donors (Lipinski definition) is 2. The third-order valence-corrected chi connectivity index (χ3v) is 3.48. The molecule has 0 amide bonds. The van der Waals surface area contributed by atoms with Crippen LogP contribution in [0.2, 0.25) is 0 Å². The summed E-state index contributed by atoms with van der Waals surface area (Å²) in [5.41, 5.74) is 1.05. The van der Waals surface area contributed by atoms with E-state index in [1.807, 2.05) is 13.8 Å². The van der Waals surface area contributed by atoms with E-state index in [0.29, 0.717) is 35.5 Å². The maximum atomic E-state index is 12.4. The average molecular weight is 330 g/mol. The SMILES string of the molecule is CCC(O)Oc1ccc(C(=O)c2ccc(OC(O)CC)cc2)cc1. The van der Waals surface area contributed by atoms with Crippen molar-refractivity contribution in [3.63, 3.8) is 0 Å². The highest BCUT2D eigenvalue weighted by atomic mass is 16.6. The maximum Gasteiger partial charge on any atom is 0.197 e. The largest absolute Gasteiger partial charge is 0.465 e. The molecule has 0 fully saturated rings. The number of ketones is 1.